The summed E-state index contributed by atoms with van der Waals surface area (Å²) in [5.74, 6) is 0.364. The zero-order chi connectivity index (χ0) is 21.2. The van der Waals surface area contributed by atoms with Gasteiger partial charge in [-0.1, -0.05) is 38.2 Å². The van der Waals surface area contributed by atoms with Crippen molar-refractivity contribution < 1.29 is 14.4 Å². The first-order valence-corrected chi connectivity index (χ1v) is 11.5. The molecule has 3 amide bonds. The number of carbonyl (C=O) groups excluding carboxylic acids is 3. The lowest BCUT2D eigenvalue weighted by molar-refractivity contribution is -0.116. The molecule has 1 aliphatic carbocycles. The molecular formula is C23H29N3O3S. The second-order valence-corrected chi connectivity index (χ2v) is 8.61. The van der Waals surface area contributed by atoms with Crippen molar-refractivity contribution in [2.45, 2.75) is 44.9 Å². The van der Waals surface area contributed by atoms with Crippen molar-refractivity contribution in [3.63, 3.8) is 0 Å². The molecule has 7 heteroatoms. The molecule has 0 saturated heterocycles. The lowest BCUT2D eigenvalue weighted by atomic mass is 9.86. The topological polar surface area (TPSA) is 87.3 Å². The molecule has 1 heterocycles. The van der Waals surface area contributed by atoms with Gasteiger partial charge in [-0.05, 0) is 48.1 Å². The predicted octanol–water partition coefficient (Wildman–Crippen LogP) is 4.21. The van der Waals surface area contributed by atoms with Gasteiger partial charge in [-0.3, -0.25) is 14.4 Å². The van der Waals surface area contributed by atoms with Gasteiger partial charge in [0.1, 0.15) is 0 Å². The Morgan fingerprint density at radius 1 is 0.900 bits per heavy atom. The molecule has 1 aliphatic rings. The Morgan fingerprint density at radius 3 is 2.27 bits per heavy atom. The fourth-order valence-corrected chi connectivity index (χ4v) is 4.33. The van der Waals surface area contributed by atoms with Crippen LogP contribution in [0, 0.1) is 5.92 Å². The van der Waals surface area contributed by atoms with E-state index in [0.717, 1.165) is 6.42 Å². The van der Waals surface area contributed by atoms with E-state index in [4.69, 9.17) is 0 Å². The number of amides is 3. The molecule has 0 aliphatic heterocycles. The van der Waals surface area contributed by atoms with Crippen LogP contribution in [0.1, 0.15) is 65.0 Å². The minimum Gasteiger partial charge on any atom is -0.350 e. The monoisotopic (exact) mass is 427 g/mol. The smallest absolute Gasteiger partial charge is 0.261 e. The van der Waals surface area contributed by atoms with E-state index in [1.807, 2.05) is 11.4 Å². The number of thiophene rings is 1. The van der Waals surface area contributed by atoms with Crippen LogP contribution in [0.25, 0.3) is 0 Å². The molecule has 0 spiro atoms. The van der Waals surface area contributed by atoms with Gasteiger partial charge in [0.05, 0.1) is 4.88 Å². The summed E-state index contributed by atoms with van der Waals surface area (Å²) in [6.07, 6.45) is 7.89. The van der Waals surface area contributed by atoms with E-state index in [2.05, 4.69) is 16.0 Å². The molecule has 160 valence electrons. The van der Waals surface area contributed by atoms with Gasteiger partial charge in [-0.15, -0.1) is 11.3 Å². The Bertz CT molecular complexity index is 828. The van der Waals surface area contributed by atoms with Crippen LogP contribution >= 0.6 is 11.3 Å². The largest absolute Gasteiger partial charge is 0.350 e. The van der Waals surface area contributed by atoms with Crippen molar-refractivity contribution in [2.24, 2.45) is 5.92 Å². The molecule has 1 aromatic carbocycles. The normalized spacial score (nSPS) is 14.1. The van der Waals surface area contributed by atoms with Crippen molar-refractivity contribution >= 4 is 34.7 Å². The van der Waals surface area contributed by atoms with E-state index in [-0.39, 0.29) is 17.7 Å². The van der Waals surface area contributed by atoms with Gasteiger partial charge in [0, 0.05) is 30.8 Å². The van der Waals surface area contributed by atoms with Crippen LogP contribution in [0.3, 0.4) is 0 Å². The van der Waals surface area contributed by atoms with Gasteiger partial charge in [-0.2, -0.15) is 0 Å². The highest BCUT2D eigenvalue weighted by atomic mass is 32.1. The van der Waals surface area contributed by atoms with E-state index >= 15 is 0 Å². The van der Waals surface area contributed by atoms with Gasteiger partial charge in [0.25, 0.3) is 11.8 Å². The standard InChI is InChI=1S/C23H29N3O3S/c27-21(13-8-17-5-2-1-3-6-17)26-19-11-9-18(10-12-19)22(28)24-14-15-25-23(29)20-7-4-16-30-20/h4,7,9-12,16-17H,1-3,5-6,8,13-15H2,(H,24,28)(H,25,29)(H,26,27). The molecule has 0 radical (unpaired) electrons. The lowest BCUT2D eigenvalue weighted by Gasteiger charge is -2.21. The van der Waals surface area contributed by atoms with E-state index in [9.17, 15) is 14.4 Å². The summed E-state index contributed by atoms with van der Waals surface area (Å²) in [5.41, 5.74) is 1.21. The highest BCUT2D eigenvalue weighted by Crippen LogP contribution is 2.27. The first kappa shape index (κ1) is 22.0. The molecule has 3 N–H and O–H groups in total. The predicted molar refractivity (Wildman–Crippen MR) is 120 cm³/mol. The maximum Gasteiger partial charge on any atom is 0.261 e. The number of hydrogen-bond donors (Lipinski definition) is 3. The minimum absolute atomic E-state index is 0.0271. The lowest BCUT2D eigenvalue weighted by Crippen LogP contribution is -2.34. The molecule has 3 rings (SSSR count). The van der Waals surface area contributed by atoms with Gasteiger partial charge >= 0.3 is 0 Å². The number of nitrogens with one attached hydrogen (secondary N) is 3. The van der Waals surface area contributed by atoms with Crippen molar-refractivity contribution in [2.75, 3.05) is 18.4 Å². The molecule has 1 fully saturated rings. The van der Waals surface area contributed by atoms with Crippen LogP contribution in [0.5, 0.6) is 0 Å². The fraction of sp³-hybridized carbons (Fsp3) is 0.435. The summed E-state index contributed by atoms with van der Waals surface area (Å²) in [5, 5.41) is 10.3. The molecule has 30 heavy (non-hydrogen) atoms. The maximum absolute atomic E-state index is 12.2. The van der Waals surface area contributed by atoms with E-state index in [1.54, 1.807) is 30.3 Å². The van der Waals surface area contributed by atoms with Crippen LogP contribution < -0.4 is 16.0 Å². The van der Waals surface area contributed by atoms with Gasteiger partial charge < -0.3 is 16.0 Å². The van der Waals surface area contributed by atoms with Crippen LogP contribution in [-0.2, 0) is 4.79 Å². The molecule has 6 nitrogen and oxygen atoms in total. The minimum atomic E-state index is -0.212. The third-order valence-corrected chi connectivity index (χ3v) is 6.24. The Hall–Kier alpha value is -2.67. The van der Waals surface area contributed by atoms with Crippen molar-refractivity contribution in [3.05, 3.63) is 52.2 Å². The summed E-state index contributed by atoms with van der Waals surface area (Å²) < 4.78 is 0. The maximum atomic E-state index is 12.2. The molecule has 0 atom stereocenters. The Morgan fingerprint density at radius 2 is 1.60 bits per heavy atom. The van der Waals surface area contributed by atoms with Crippen molar-refractivity contribution in [3.8, 4) is 0 Å². The van der Waals surface area contributed by atoms with E-state index in [0.29, 0.717) is 41.6 Å². The summed E-state index contributed by atoms with van der Waals surface area (Å²) in [7, 11) is 0. The summed E-state index contributed by atoms with van der Waals surface area (Å²) in [4.78, 5) is 36.9. The zero-order valence-corrected chi connectivity index (χ0v) is 17.9. The number of anilines is 1. The fourth-order valence-electron chi connectivity index (χ4n) is 3.69. The Labute approximate surface area is 181 Å². The van der Waals surface area contributed by atoms with Crippen LogP contribution in [-0.4, -0.2) is 30.8 Å². The van der Waals surface area contributed by atoms with Crippen molar-refractivity contribution in [1.29, 1.82) is 0 Å². The first-order chi connectivity index (χ1) is 14.6. The Balaban J connectivity index is 1.35. The third-order valence-electron chi connectivity index (χ3n) is 5.38. The highest BCUT2D eigenvalue weighted by Gasteiger charge is 2.15. The number of hydrogen-bond acceptors (Lipinski definition) is 4. The molecular weight excluding hydrogens is 398 g/mol. The van der Waals surface area contributed by atoms with E-state index in [1.165, 1.54) is 43.4 Å². The van der Waals surface area contributed by atoms with E-state index < -0.39 is 0 Å². The van der Waals surface area contributed by atoms with Gasteiger partial charge in [-0.25, -0.2) is 0 Å². The van der Waals surface area contributed by atoms with Crippen LogP contribution in [0.4, 0.5) is 5.69 Å². The summed E-state index contributed by atoms with van der Waals surface area (Å²) >= 11 is 1.38. The Kier molecular flexibility index (Phi) is 8.44. The average molecular weight is 428 g/mol. The molecule has 1 saturated carbocycles. The van der Waals surface area contributed by atoms with Crippen LogP contribution in [0.15, 0.2) is 41.8 Å². The highest BCUT2D eigenvalue weighted by molar-refractivity contribution is 7.12. The third kappa shape index (κ3) is 6.99. The zero-order valence-electron chi connectivity index (χ0n) is 17.1. The van der Waals surface area contributed by atoms with Crippen LogP contribution in [0.2, 0.25) is 0 Å². The summed E-state index contributed by atoms with van der Waals surface area (Å²) in [6.45, 7) is 0.702. The van der Waals surface area contributed by atoms with Crippen molar-refractivity contribution in [1.82, 2.24) is 10.6 Å². The average Bonchev–Trinajstić information content (AvgIpc) is 3.31. The van der Waals surface area contributed by atoms with Gasteiger partial charge in [0.15, 0.2) is 0 Å². The second kappa shape index (κ2) is 11.5. The number of carbonyl (C=O) groups is 3. The molecule has 2 aromatic rings. The molecule has 0 unspecified atom stereocenters. The summed E-state index contributed by atoms with van der Waals surface area (Å²) in [6, 6.07) is 10.4. The number of benzene rings is 1. The molecule has 1 aromatic heterocycles. The SMILES string of the molecule is O=C(CCC1CCCCC1)Nc1ccc(C(=O)NCCNC(=O)c2cccs2)cc1. The van der Waals surface area contributed by atoms with Gasteiger partial charge in [0.2, 0.25) is 5.91 Å². The second-order valence-electron chi connectivity index (χ2n) is 7.66. The number of rotatable bonds is 9. The quantitative estimate of drug-likeness (QED) is 0.524. The first-order valence-electron chi connectivity index (χ1n) is 10.6. The molecule has 0 bridgehead atoms.